The van der Waals surface area contributed by atoms with Gasteiger partial charge in [0.15, 0.2) is 0 Å². The molecule has 1 aromatic carbocycles. The Kier molecular flexibility index (Phi) is 4.50. The fourth-order valence-electron chi connectivity index (χ4n) is 2.05. The van der Waals surface area contributed by atoms with Gasteiger partial charge in [-0.15, -0.1) is 0 Å². The molecule has 5 heteroatoms. The molecule has 4 nitrogen and oxygen atoms in total. The fraction of sp³-hybridized carbons (Fsp3) is 0.333. The van der Waals surface area contributed by atoms with Crippen molar-refractivity contribution in [1.29, 1.82) is 0 Å². The molecule has 20 heavy (non-hydrogen) atoms. The number of hydrogen-bond acceptors (Lipinski definition) is 4. The predicted molar refractivity (Wildman–Crippen MR) is 78.9 cm³/mol. The zero-order chi connectivity index (χ0) is 14.5. The average Bonchev–Trinajstić information content (AvgIpc) is 2.38. The third kappa shape index (κ3) is 3.44. The number of nitrogens with one attached hydrogen (secondary N) is 1. The van der Waals surface area contributed by atoms with Crippen molar-refractivity contribution in [1.82, 2.24) is 9.97 Å². The van der Waals surface area contributed by atoms with Gasteiger partial charge in [-0.2, -0.15) is 0 Å². The lowest BCUT2D eigenvalue weighted by Gasteiger charge is -2.16. The van der Waals surface area contributed by atoms with E-state index in [1.54, 1.807) is 18.2 Å². The van der Waals surface area contributed by atoms with Gasteiger partial charge in [0.25, 0.3) is 0 Å². The van der Waals surface area contributed by atoms with E-state index >= 15 is 0 Å². The molecule has 106 valence electrons. The molecular formula is C15H19FN4. The van der Waals surface area contributed by atoms with Gasteiger partial charge in [-0.3, -0.25) is 0 Å². The second-order valence-corrected chi connectivity index (χ2v) is 4.73. The molecule has 1 aromatic heterocycles. The number of benzene rings is 1. The second-order valence-electron chi connectivity index (χ2n) is 4.73. The highest BCUT2D eigenvalue weighted by Gasteiger charge is 2.11. The third-order valence-corrected chi connectivity index (χ3v) is 3.00. The average molecular weight is 274 g/mol. The number of anilines is 2. The van der Waals surface area contributed by atoms with Crippen molar-refractivity contribution in [2.45, 2.75) is 32.7 Å². The minimum absolute atomic E-state index is 0.194. The number of halogens is 1. The van der Waals surface area contributed by atoms with Crippen LogP contribution in [-0.2, 0) is 6.42 Å². The van der Waals surface area contributed by atoms with E-state index in [2.05, 4.69) is 22.2 Å². The summed E-state index contributed by atoms with van der Waals surface area (Å²) in [4.78, 5) is 8.57. The van der Waals surface area contributed by atoms with E-state index in [0.29, 0.717) is 23.0 Å². The molecular weight excluding hydrogens is 255 g/mol. The van der Waals surface area contributed by atoms with E-state index in [0.717, 1.165) is 12.8 Å². The van der Waals surface area contributed by atoms with Gasteiger partial charge in [-0.25, -0.2) is 14.4 Å². The lowest BCUT2D eigenvalue weighted by atomic mass is 10.1. The summed E-state index contributed by atoms with van der Waals surface area (Å²) < 4.78 is 13.7. The Bertz CT molecular complexity index is 586. The Balaban J connectivity index is 2.19. The van der Waals surface area contributed by atoms with Crippen LogP contribution < -0.4 is 11.1 Å². The number of nitrogen functional groups attached to an aromatic ring is 1. The second kappa shape index (κ2) is 6.32. The van der Waals surface area contributed by atoms with Crippen molar-refractivity contribution in [2.24, 2.45) is 0 Å². The Labute approximate surface area is 118 Å². The number of rotatable bonds is 5. The largest absolute Gasteiger partial charge is 0.384 e. The maximum Gasteiger partial charge on any atom is 0.133 e. The normalized spacial score (nSPS) is 12.2. The molecule has 2 rings (SSSR count). The van der Waals surface area contributed by atoms with Gasteiger partial charge < -0.3 is 11.1 Å². The van der Waals surface area contributed by atoms with E-state index in [-0.39, 0.29) is 11.9 Å². The van der Waals surface area contributed by atoms with Crippen molar-refractivity contribution in [3.8, 4) is 0 Å². The monoisotopic (exact) mass is 274 g/mol. The van der Waals surface area contributed by atoms with Crippen LogP contribution >= 0.6 is 0 Å². The number of aryl methyl sites for hydroxylation is 1. The van der Waals surface area contributed by atoms with Crippen LogP contribution in [-0.4, -0.2) is 9.97 Å². The minimum Gasteiger partial charge on any atom is -0.384 e. The first-order chi connectivity index (χ1) is 9.60. The van der Waals surface area contributed by atoms with Crippen molar-refractivity contribution in [3.05, 3.63) is 47.5 Å². The molecule has 1 atom stereocenters. The van der Waals surface area contributed by atoms with Crippen LogP contribution in [0.1, 0.15) is 37.7 Å². The number of aromatic nitrogens is 2. The molecule has 0 bridgehead atoms. The van der Waals surface area contributed by atoms with E-state index < -0.39 is 0 Å². The zero-order valence-electron chi connectivity index (χ0n) is 11.7. The lowest BCUT2D eigenvalue weighted by molar-refractivity contribution is 0.600. The van der Waals surface area contributed by atoms with Gasteiger partial charge in [-0.05, 0) is 19.4 Å². The van der Waals surface area contributed by atoms with Gasteiger partial charge in [0, 0.05) is 18.1 Å². The van der Waals surface area contributed by atoms with Crippen molar-refractivity contribution < 1.29 is 4.39 Å². The minimum atomic E-state index is -0.233. The summed E-state index contributed by atoms with van der Waals surface area (Å²) in [5, 5.41) is 3.17. The summed E-state index contributed by atoms with van der Waals surface area (Å²) in [7, 11) is 0. The highest BCUT2D eigenvalue weighted by molar-refractivity contribution is 5.46. The highest BCUT2D eigenvalue weighted by atomic mass is 19.1. The summed E-state index contributed by atoms with van der Waals surface area (Å²) in [5.41, 5.74) is 6.37. The van der Waals surface area contributed by atoms with Gasteiger partial charge in [0.2, 0.25) is 0 Å². The number of hydrogen-bond donors (Lipinski definition) is 2. The van der Waals surface area contributed by atoms with E-state index in [4.69, 9.17) is 5.73 Å². The van der Waals surface area contributed by atoms with Crippen LogP contribution in [0.4, 0.5) is 16.0 Å². The number of nitrogens with zero attached hydrogens (tertiary/aromatic N) is 2. The third-order valence-electron chi connectivity index (χ3n) is 3.00. The smallest absolute Gasteiger partial charge is 0.133 e. The van der Waals surface area contributed by atoms with Gasteiger partial charge in [0.1, 0.15) is 23.3 Å². The van der Waals surface area contributed by atoms with Crippen molar-refractivity contribution >= 4 is 11.6 Å². The lowest BCUT2D eigenvalue weighted by Crippen LogP contribution is -2.11. The molecule has 0 aliphatic carbocycles. The van der Waals surface area contributed by atoms with E-state index in [1.165, 1.54) is 6.07 Å². The maximum absolute atomic E-state index is 13.7. The maximum atomic E-state index is 13.7. The van der Waals surface area contributed by atoms with Crippen molar-refractivity contribution in [3.63, 3.8) is 0 Å². The Morgan fingerprint density at radius 2 is 2.05 bits per heavy atom. The number of nitrogens with two attached hydrogens (primary N) is 1. The van der Waals surface area contributed by atoms with Gasteiger partial charge in [-0.1, -0.05) is 25.1 Å². The first-order valence-corrected chi connectivity index (χ1v) is 6.74. The first-order valence-electron chi connectivity index (χ1n) is 6.74. The first kappa shape index (κ1) is 14.2. The molecule has 0 saturated heterocycles. The van der Waals surface area contributed by atoms with E-state index in [9.17, 15) is 4.39 Å². The quantitative estimate of drug-likeness (QED) is 0.878. The van der Waals surface area contributed by atoms with Crippen LogP contribution in [0, 0.1) is 5.82 Å². The van der Waals surface area contributed by atoms with Gasteiger partial charge >= 0.3 is 0 Å². The molecule has 3 N–H and O–H groups in total. The fourth-order valence-corrected chi connectivity index (χ4v) is 2.05. The van der Waals surface area contributed by atoms with Crippen molar-refractivity contribution in [2.75, 3.05) is 11.1 Å². The molecule has 0 aliphatic heterocycles. The molecule has 0 aliphatic rings. The molecule has 0 fully saturated rings. The summed E-state index contributed by atoms with van der Waals surface area (Å²) in [6.07, 6.45) is 1.72. The summed E-state index contributed by atoms with van der Waals surface area (Å²) in [6, 6.07) is 8.16. The molecule has 2 aromatic rings. The van der Waals surface area contributed by atoms with Crippen LogP contribution in [0.15, 0.2) is 30.3 Å². The highest BCUT2D eigenvalue weighted by Crippen LogP contribution is 2.21. The topological polar surface area (TPSA) is 63.8 Å². The molecule has 0 radical (unpaired) electrons. The van der Waals surface area contributed by atoms with Crippen LogP contribution in [0.5, 0.6) is 0 Å². The molecule has 1 unspecified atom stereocenters. The Morgan fingerprint density at radius 3 is 2.75 bits per heavy atom. The standard InChI is InChI=1S/C15H19FN4/c1-3-6-14-19-13(17)9-15(20-14)18-10(2)11-7-4-5-8-12(11)16/h4-5,7-10H,3,6H2,1-2H3,(H3,17,18,19,20). The molecule has 0 amide bonds. The Hall–Kier alpha value is -2.17. The molecule has 0 saturated carbocycles. The molecule has 1 heterocycles. The van der Waals surface area contributed by atoms with E-state index in [1.807, 2.05) is 13.0 Å². The van der Waals surface area contributed by atoms with Crippen LogP contribution in [0.2, 0.25) is 0 Å². The Morgan fingerprint density at radius 1 is 1.30 bits per heavy atom. The summed E-state index contributed by atoms with van der Waals surface area (Å²) in [5.74, 6) is 1.52. The molecule has 0 spiro atoms. The van der Waals surface area contributed by atoms with Gasteiger partial charge in [0.05, 0.1) is 6.04 Å². The SMILES string of the molecule is CCCc1nc(N)cc(NC(C)c2ccccc2F)n1. The van der Waals surface area contributed by atoms with Crippen LogP contribution in [0.3, 0.4) is 0 Å². The predicted octanol–water partition coefficient (Wildman–Crippen LogP) is 3.32. The zero-order valence-corrected chi connectivity index (χ0v) is 11.7. The summed E-state index contributed by atoms with van der Waals surface area (Å²) >= 11 is 0. The summed E-state index contributed by atoms with van der Waals surface area (Å²) in [6.45, 7) is 3.94. The van der Waals surface area contributed by atoms with Crippen LogP contribution in [0.25, 0.3) is 0 Å².